The average molecular weight is 501 g/mol. The molecule has 1 saturated heterocycles. The van der Waals surface area contributed by atoms with Gasteiger partial charge in [0.25, 0.3) is 0 Å². The zero-order chi connectivity index (χ0) is 25.1. The van der Waals surface area contributed by atoms with E-state index in [9.17, 15) is 9.59 Å². The van der Waals surface area contributed by atoms with Gasteiger partial charge in [-0.15, -0.1) is 0 Å². The molecule has 0 unspecified atom stereocenters. The van der Waals surface area contributed by atoms with Gasteiger partial charge in [0, 0.05) is 42.7 Å². The lowest BCUT2D eigenvalue weighted by Crippen LogP contribution is -2.46. The molecule has 184 valence electrons. The van der Waals surface area contributed by atoms with Gasteiger partial charge in [0.1, 0.15) is 0 Å². The van der Waals surface area contributed by atoms with E-state index < -0.39 is 0 Å². The van der Waals surface area contributed by atoms with Gasteiger partial charge in [-0.05, 0) is 47.0 Å². The Bertz CT molecular complexity index is 1390. The van der Waals surface area contributed by atoms with Crippen LogP contribution in [0.1, 0.15) is 15.9 Å². The number of hydrogen-bond acceptors (Lipinski definition) is 5. The zero-order valence-electron chi connectivity index (χ0n) is 20.4. The largest absolute Gasteiger partial charge is 0.465 e. The standard InChI is InChI=1S/C28H28N4O3S/c1-30-26-17-23(10-11-24(26)18-29-30)22-4-3-5-25(16-22)32(28(34)31-12-14-36-15-13-31)19-20-6-8-21(9-7-20)27(33)35-2/h3-11,16-18H,12-15,19H2,1-2H3. The molecule has 4 aromatic rings. The number of aromatic nitrogens is 2. The van der Waals surface area contributed by atoms with Crippen LogP contribution in [0.4, 0.5) is 10.5 Å². The molecule has 1 fully saturated rings. The number of rotatable bonds is 5. The summed E-state index contributed by atoms with van der Waals surface area (Å²) in [5, 5.41) is 5.44. The molecule has 0 atom stereocenters. The third-order valence-corrected chi connectivity index (χ3v) is 7.41. The molecule has 0 bridgehead atoms. The molecule has 1 aliphatic rings. The van der Waals surface area contributed by atoms with E-state index in [0.717, 1.165) is 57.9 Å². The van der Waals surface area contributed by atoms with Gasteiger partial charge in [-0.25, -0.2) is 9.59 Å². The fourth-order valence-corrected chi connectivity index (χ4v) is 5.32. The van der Waals surface area contributed by atoms with E-state index in [0.29, 0.717) is 12.1 Å². The van der Waals surface area contributed by atoms with Crippen molar-refractivity contribution in [1.82, 2.24) is 14.7 Å². The first-order valence-electron chi connectivity index (χ1n) is 11.9. The molecule has 0 saturated carbocycles. The van der Waals surface area contributed by atoms with Gasteiger partial charge in [-0.1, -0.05) is 36.4 Å². The number of carbonyl (C=O) groups is 2. The number of methoxy groups -OCH3 is 1. The summed E-state index contributed by atoms with van der Waals surface area (Å²) in [7, 11) is 3.30. The maximum absolute atomic E-state index is 13.7. The normalized spacial score (nSPS) is 13.6. The topological polar surface area (TPSA) is 67.7 Å². The second kappa shape index (κ2) is 10.5. The molecule has 0 N–H and O–H groups in total. The highest BCUT2D eigenvalue weighted by Gasteiger charge is 2.25. The molecule has 7 nitrogen and oxygen atoms in total. The number of benzene rings is 3. The van der Waals surface area contributed by atoms with Crippen LogP contribution in [0, 0.1) is 0 Å². The number of anilines is 1. The lowest BCUT2D eigenvalue weighted by molar-refractivity contribution is 0.0600. The fourth-order valence-electron chi connectivity index (χ4n) is 4.42. The van der Waals surface area contributed by atoms with Crippen molar-refractivity contribution in [3.63, 3.8) is 0 Å². The minimum Gasteiger partial charge on any atom is -0.465 e. The zero-order valence-corrected chi connectivity index (χ0v) is 21.2. The molecular weight excluding hydrogens is 472 g/mol. The number of carbonyl (C=O) groups excluding carboxylic acids is 2. The van der Waals surface area contributed by atoms with Crippen molar-refractivity contribution in [2.24, 2.45) is 7.05 Å². The molecule has 5 rings (SSSR count). The SMILES string of the molecule is COC(=O)c1ccc(CN(C(=O)N2CCSCC2)c2cccc(-c3ccc4cnn(C)c4c3)c2)cc1. The number of thioether (sulfide) groups is 1. The third-order valence-electron chi connectivity index (χ3n) is 6.47. The van der Waals surface area contributed by atoms with Gasteiger partial charge in [-0.2, -0.15) is 16.9 Å². The maximum atomic E-state index is 13.7. The summed E-state index contributed by atoms with van der Waals surface area (Å²) in [6, 6.07) is 21.6. The van der Waals surface area contributed by atoms with Gasteiger partial charge >= 0.3 is 12.0 Å². The van der Waals surface area contributed by atoms with Crippen LogP contribution in [0.15, 0.2) is 72.9 Å². The monoisotopic (exact) mass is 500 g/mol. The number of nitrogens with zero attached hydrogens (tertiary/aromatic N) is 4. The maximum Gasteiger partial charge on any atom is 0.337 e. The van der Waals surface area contributed by atoms with Crippen molar-refractivity contribution in [3.05, 3.63) is 84.1 Å². The number of esters is 1. The lowest BCUT2D eigenvalue weighted by Gasteiger charge is -2.33. The van der Waals surface area contributed by atoms with Crippen LogP contribution in [0.3, 0.4) is 0 Å². The van der Waals surface area contributed by atoms with Gasteiger partial charge in [0.05, 0.1) is 30.9 Å². The van der Waals surface area contributed by atoms with Crippen LogP contribution in [-0.2, 0) is 18.3 Å². The predicted molar refractivity (Wildman–Crippen MR) is 144 cm³/mol. The Labute approximate surface area is 214 Å². The quantitative estimate of drug-likeness (QED) is 0.352. The Balaban J connectivity index is 1.49. The highest BCUT2D eigenvalue weighted by atomic mass is 32.2. The van der Waals surface area contributed by atoms with Crippen molar-refractivity contribution < 1.29 is 14.3 Å². The average Bonchev–Trinajstić information content (AvgIpc) is 3.31. The lowest BCUT2D eigenvalue weighted by atomic mass is 10.0. The molecule has 2 heterocycles. The molecule has 1 aliphatic heterocycles. The minimum absolute atomic E-state index is 0.00780. The number of fused-ring (bicyclic) bond motifs is 1. The van der Waals surface area contributed by atoms with E-state index in [2.05, 4.69) is 35.4 Å². The first-order chi connectivity index (χ1) is 17.5. The van der Waals surface area contributed by atoms with Gasteiger partial charge in [0.2, 0.25) is 0 Å². The number of amides is 2. The van der Waals surface area contributed by atoms with Crippen LogP contribution in [0.2, 0.25) is 0 Å². The molecular formula is C28H28N4O3S. The summed E-state index contributed by atoms with van der Waals surface area (Å²) in [5.41, 5.74) is 5.41. The second-order valence-corrected chi connectivity index (χ2v) is 9.97. The molecule has 3 aromatic carbocycles. The van der Waals surface area contributed by atoms with E-state index in [4.69, 9.17) is 4.74 Å². The summed E-state index contributed by atoms with van der Waals surface area (Å²) in [6.45, 7) is 1.87. The summed E-state index contributed by atoms with van der Waals surface area (Å²) >= 11 is 1.87. The Morgan fingerprint density at radius 2 is 1.75 bits per heavy atom. The Hall–Kier alpha value is -3.78. The van der Waals surface area contributed by atoms with Crippen molar-refractivity contribution in [2.75, 3.05) is 36.6 Å². The first kappa shape index (κ1) is 23.9. The van der Waals surface area contributed by atoms with Gasteiger partial charge in [-0.3, -0.25) is 9.58 Å². The molecule has 0 radical (unpaired) electrons. The summed E-state index contributed by atoms with van der Waals surface area (Å²) in [4.78, 5) is 29.3. The molecule has 8 heteroatoms. The molecule has 36 heavy (non-hydrogen) atoms. The van der Waals surface area contributed by atoms with Crippen LogP contribution in [-0.4, -0.2) is 58.4 Å². The number of urea groups is 1. The highest BCUT2D eigenvalue weighted by Crippen LogP contribution is 2.29. The summed E-state index contributed by atoms with van der Waals surface area (Å²) in [5.74, 6) is 1.51. The van der Waals surface area contributed by atoms with E-state index in [1.165, 1.54) is 7.11 Å². The van der Waals surface area contributed by atoms with Crippen molar-refractivity contribution in [1.29, 1.82) is 0 Å². The van der Waals surface area contributed by atoms with Crippen LogP contribution < -0.4 is 4.90 Å². The van der Waals surface area contributed by atoms with Crippen molar-refractivity contribution in [2.45, 2.75) is 6.54 Å². The van der Waals surface area contributed by atoms with E-state index >= 15 is 0 Å². The minimum atomic E-state index is -0.376. The molecule has 1 aromatic heterocycles. The smallest absolute Gasteiger partial charge is 0.337 e. The van der Waals surface area contributed by atoms with E-state index in [1.807, 2.05) is 63.8 Å². The highest BCUT2D eigenvalue weighted by molar-refractivity contribution is 7.99. The number of hydrogen-bond donors (Lipinski definition) is 0. The molecule has 0 spiro atoms. The van der Waals surface area contributed by atoms with E-state index in [1.54, 1.807) is 12.1 Å². The fraction of sp³-hybridized carbons (Fsp3) is 0.250. The van der Waals surface area contributed by atoms with Crippen LogP contribution >= 0.6 is 11.8 Å². The van der Waals surface area contributed by atoms with E-state index in [-0.39, 0.29) is 12.0 Å². The van der Waals surface area contributed by atoms with Crippen LogP contribution in [0.5, 0.6) is 0 Å². The van der Waals surface area contributed by atoms with Crippen molar-refractivity contribution >= 4 is 40.4 Å². The number of ether oxygens (including phenoxy) is 1. The van der Waals surface area contributed by atoms with Gasteiger partial charge < -0.3 is 9.64 Å². The third kappa shape index (κ3) is 4.95. The summed E-state index contributed by atoms with van der Waals surface area (Å²) < 4.78 is 6.68. The molecule has 2 amide bonds. The number of aryl methyl sites for hydroxylation is 1. The van der Waals surface area contributed by atoms with Crippen LogP contribution in [0.25, 0.3) is 22.0 Å². The van der Waals surface area contributed by atoms with Gasteiger partial charge in [0.15, 0.2) is 0 Å². The Kier molecular flexibility index (Phi) is 6.95. The Morgan fingerprint density at radius 3 is 2.50 bits per heavy atom. The second-order valence-electron chi connectivity index (χ2n) is 8.75. The molecule has 0 aliphatic carbocycles. The first-order valence-corrected chi connectivity index (χ1v) is 13.0. The predicted octanol–water partition coefficient (Wildman–Crippen LogP) is 5.20. The Morgan fingerprint density at radius 1 is 1.00 bits per heavy atom. The summed E-state index contributed by atoms with van der Waals surface area (Å²) in [6.07, 6.45) is 1.86. The van der Waals surface area contributed by atoms with Crippen molar-refractivity contribution in [3.8, 4) is 11.1 Å².